The molecular weight excluding hydrogens is 340 g/mol. The molecule has 0 atom stereocenters. The van der Waals surface area contributed by atoms with E-state index in [0.717, 1.165) is 33.8 Å². The van der Waals surface area contributed by atoms with Crippen molar-refractivity contribution in [3.05, 3.63) is 41.5 Å². The molecule has 0 spiro atoms. The molecule has 0 unspecified atom stereocenters. The van der Waals surface area contributed by atoms with Crippen LogP contribution in [0, 0.1) is 0 Å². The molecule has 1 heterocycles. The van der Waals surface area contributed by atoms with Crippen LogP contribution >= 0.6 is 0 Å². The second kappa shape index (κ2) is 13.7. The van der Waals surface area contributed by atoms with Crippen molar-refractivity contribution in [2.24, 2.45) is 0 Å². The van der Waals surface area contributed by atoms with Crippen LogP contribution in [-0.2, 0) is 0 Å². The van der Waals surface area contributed by atoms with Crippen LogP contribution in [0.3, 0.4) is 0 Å². The summed E-state index contributed by atoms with van der Waals surface area (Å²) in [6.45, 7) is 2.16. The molecule has 26 heavy (non-hydrogen) atoms. The van der Waals surface area contributed by atoms with Crippen LogP contribution in [0.1, 0.15) is 27.6 Å². The first-order chi connectivity index (χ1) is 12.6. The van der Waals surface area contributed by atoms with Gasteiger partial charge in [0.1, 0.15) is 0 Å². The molecular formula is C18H28N2O6. The van der Waals surface area contributed by atoms with Gasteiger partial charge in [0.15, 0.2) is 0 Å². The normalized spacial score (nSPS) is 10.9. The Morgan fingerprint density at radius 1 is 0.808 bits per heavy atom. The van der Waals surface area contributed by atoms with Gasteiger partial charge in [-0.25, -0.2) is 0 Å². The Kier molecular flexibility index (Phi) is 13.6. The summed E-state index contributed by atoms with van der Waals surface area (Å²) in [6, 6.07) is 8.77. The number of hydrogen-bond acceptors (Lipinski definition) is 7. The molecule has 1 aliphatic rings. The number of hydrogen-bond donors (Lipinski definition) is 5. The molecule has 0 bridgehead atoms. The van der Waals surface area contributed by atoms with Crippen LogP contribution in [0.4, 0.5) is 5.69 Å². The van der Waals surface area contributed by atoms with Gasteiger partial charge in [-0.1, -0.05) is 12.1 Å². The number of amides is 2. The SMILES string of the molecule is CCN1C(=O)c2cccc3c(N)ccc(c23)C1=O.CO.CO.CO.CO. The first-order valence-corrected chi connectivity index (χ1v) is 7.61. The van der Waals surface area contributed by atoms with Gasteiger partial charge in [-0.2, -0.15) is 0 Å². The summed E-state index contributed by atoms with van der Waals surface area (Å²) in [6.07, 6.45) is 0. The van der Waals surface area contributed by atoms with Gasteiger partial charge in [0.25, 0.3) is 11.8 Å². The zero-order valence-electron chi connectivity index (χ0n) is 15.7. The fourth-order valence-corrected chi connectivity index (χ4v) is 2.46. The minimum atomic E-state index is -0.244. The molecule has 8 heteroatoms. The monoisotopic (exact) mass is 368 g/mol. The predicted octanol–water partition coefficient (Wildman–Crippen LogP) is 0.472. The maximum absolute atomic E-state index is 12.2. The van der Waals surface area contributed by atoms with Crippen molar-refractivity contribution < 1.29 is 30.0 Å². The molecule has 0 aromatic heterocycles. The van der Waals surface area contributed by atoms with E-state index >= 15 is 0 Å². The van der Waals surface area contributed by atoms with E-state index in [-0.39, 0.29) is 11.8 Å². The van der Waals surface area contributed by atoms with Crippen molar-refractivity contribution in [3.63, 3.8) is 0 Å². The Morgan fingerprint density at radius 2 is 1.27 bits per heavy atom. The van der Waals surface area contributed by atoms with Crippen LogP contribution in [0.15, 0.2) is 30.3 Å². The van der Waals surface area contributed by atoms with E-state index in [1.165, 1.54) is 4.90 Å². The number of nitrogen functional groups attached to an aromatic ring is 1. The highest BCUT2D eigenvalue weighted by Gasteiger charge is 2.31. The van der Waals surface area contributed by atoms with Gasteiger partial charge in [0, 0.05) is 62.6 Å². The lowest BCUT2D eigenvalue weighted by Crippen LogP contribution is -2.40. The number of benzene rings is 2. The molecule has 0 aliphatic carbocycles. The summed E-state index contributed by atoms with van der Waals surface area (Å²) in [5, 5.41) is 29.4. The highest BCUT2D eigenvalue weighted by molar-refractivity contribution is 6.26. The number of aliphatic hydroxyl groups excluding tert-OH is 4. The standard InChI is InChI=1S/C14H12N2O2.4CH4O/c1-2-16-13(17)9-5-3-4-8-11(15)7-6-10(12(8)9)14(16)18;4*1-2/h3-7H,2,15H2,1H3;4*2H,1H3. The topological polar surface area (TPSA) is 144 Å². The molecule has 146 valence electrons. The van der Waals surface area contributed by atoms with Gasteiger partial charge in [-0.05, 0) is 25.1 Å². The van der Waals surface area contributed by atoms with E-state index in [1.807, 2.05) is 6.07 Å². The fourth-order valence-electron chi connectivity index (χ4n) is 2.46. The molecule has 0 fully saturated rings. The van der Waals surface area contributed by atoms with E-state index < -0.39 is 0 Å². The molecule has 0 saturated carbocycles. The highest BCUT2D eigenvalue weighted by atomic mass is 16.2. The number of nitrogens with two attached hydrogens (primary N) is 1. The van der Waals surface area contributed by atoms with E-state index in [4.69, 9.17) is 26.2 Å². The number of aliphatic hydroxyl groups is 4. The lowest BCUT2D eigenvalue weighted by atomic mass is 9.93. The average Bonchev–Trinajstić information content (AvgIpc) is 2.73. The minimum Gasteiger partial charge on any atom is -0.400 e. The van der Waals surface area contributed by atoms with Gasteiger partial charge in [-0.3, -0.25) is 14.5 Å². The van der Waals surface area contributed by atoms with Crippen molar-refractivity contribution >= 4 is 28.3 Å². The molecule has 2 amide bonds. The number of imide groups is 1. The summed E-state index contributed by atoms with van der Waals surface area (Å²) < 4.78 is 0. The minimum absolute atomic E-state index is 0.244. The molecule has 0 saturated heterocycles. The summed E-state index contributed by atoms with van der Waals surface area (Å²) in [4.78, 5) is 25.7. The van der Waals surface area contributed by atoms with Crippen LogP contribution in [0.2, 0.25) is 0 Å². The third kappa shape index (κ3) is 4.99. The predicted molar refractivity (Wildman–Crippen MR) is 102 cm³/mol. The molecule has 8 nitrogen and oxygen atoms in total. The van der Waals surface area contributed by atoms with Gasteiger partial charge in [-0.15, -0.1) is 0 Å². The zero-order chi connectivity index (χ0) is 20.9. The maximum atomic E-state index is 12.2. The fraction of sp³-hybridized carbons (Fsp3) is 0.333. The van der Waals surface area contributed by atoms with Gasteiger partial charge >= 0.3 is 0 Å². The molecule has 2 aromatic carbocycles. The van der Waals surface area contributed by atoms with Crippen LogP contribution in [0.5, 0.6) is 0 Å². The number of nitrogens with zero attached hydrogens (tertiary/aromatic N) is 1. The number of carbonyl (C=O) groups excluding carboxylic acids is 2. The number of carbonyl (C=O) groups is 2. The Hall–Kier alpha value is -2.52. The van der Waals surface area contributed by atoms with Crippen molar-refractivity contribution in [2.45, 2.75) is 6.92 Å². The summed E-state index contributed by atoms with van der Waals surface area (Å²) in [5.41, 5.74) is 7.58. The molecule has 0 radical (unpaired) electrons. The maximum Gasteiger partial charge on any atom is 0.261 e. The van der Waals surface area contributed by atoms with Crippen molar-refractivity contribution in [1.82, 2.24) is 4.90 Å². The van der Waals surface area contributed by atoms with E-state index in [0.29, 0.717) is 28.7 Å². The van der Waals surface area contributed by atoms with Gasteiger partial charge in [0.2, 0.25) is 0 Å². The second-order valence-electron chi connectivity index (χ2n) is 4.29. The van der Waals surface area contributed by atoms with Crippen LogP contribution in [0.25, 0.3) is 10.8 Å². The van der Waals surface area contributed by atoms with Crippen molar-refractivity contribution in [2.75, 3.05) is 40.7 Å². The third-order valence-corrected chi connectivity index (χ3v) is 3.34. The summed E-state index contributed by atoms with van der Waals surface area (Å²) >= 11 is 0. The van der Waals surface area contributed by atoms with Crippen LogP contribution < -0.4 is 5.73 Å². The van der Waals surface area contributed by atoms with Gasteiger partial charge < -0.3 is 26.2 Å². The van der Waals surface area contributed by atoms with Crippen molar-refractivity contribution in [3.8, 4) is 0 Å². The lowest BCUT2D eigenvalue weighted by molar-refractivity contribution is 0.0619. The van der Waals surface area contributed by atoms with E-state index in [2.05, 4.69) is 0 Å². The summed E-state index contributed by atoms with van der Waals surface area (Å²) in [5.74, 6) is -0.489. The first kappa shape index (κ1) is 25.7. The van der Waals surface area contributed by atoms with Gasteiger partial charge in [0.05, 0.1) is 0 Å². The molecule has 2 aromatic rings. The van der Waals surface area contributed by atoms with E-state index in [1.54, 1.807) is 31.2 Å². The Bertz CT molecular complexity index is 681. The quantitative estimate of drug-likeness (QED) is 0.363. The molecule has 6 N–H and O–H groups in total. The Labute approximate surface area is 153 Å². The largest absolute Gasteiger partial charge is 0.400 e. The lowest BCUT2D eigenvalue weighted by Gasteiger charge is -2.26. The Balaban J connectivity index is 0. The molecule has 1 aliphatic heterocycles. The average molecular weight is 368 g/mol. The summed E-state index contributed by atoms with van der Waals surface area (Å²) in [7, 11) is 4.00. The Morgan fingerprint density at radius 3 is 1.73 bits per heavy atom. The molecule has 3 rings (SSSR count). The second-order valence-corrected chi connectivity index (χ2v) is 4.29. The number of rotatable bonds is 1. The van der Waals surface area contributed by atoms with E-state index in [9.17, 15) is 9.59 Å². The van der Waals surface area contributed by atoms with Crippen molar-refractivity contribution in [1.29, 1.82) is 0 Å². The number of anilines is 1. The first-order valence-electron chi connectivity index (χ1n) is 7.61. The smallest absolute Gasteiger partial charge is 0.261 e. The highest BCUT2D eigenvalue weighted by Crippen LogP contribution is 2.32. The van der Waals surface area contributed by atoms with Crippen LogP contribution in [-0.4, -0.2) is 72.1 Å². The zero-order valence-corrected chi connectivity index (χ0v) is 15.7. The third-order valence-electron chi connectivity index (χ3n) is 3.34.